The Morgan fingerprint density at radius 1 is 0.500 bits per heavy atom. The summed E-state index contributed by atoms with van der Waals surface area (Å²) in [6.07, 6.45) is 5.56. The standard InChI is InChI=1S/C24H21PS/c1-4-19-7-13-22(14-8-19)25(26,23-15-9-20(5-2)10-16-23)24-17-11-21(6-3)12-18-24/h4-18H,1-3H2. The van der Waals surface area contributed by atoms with Crippen LogP contribution in [-0.2, 0) is 11.8 Å². The third kappa shape index (κ3) is 3.42. The number of hydrogen-bond donors (Lipinski definition) is 0. The molecule has 0 fully saturated rings. The summed E-state index contributed by atoms with van der Waals surface area (Å²) in [5, 5.41) is 3.53. The van der Waals surface area contributed by atoms with Crippen LogP contribution in [-0.4, -0.2) is 0 Å². The predicted octanol–water partition coefficient (Wildman–Crippen LogP) is 5.37. The van der Waals surface area contributed by atoms with Crippen LogP contribution < -0.4 is 15.9 Å². The van der Waals surface area contributed by atoms with Crippen LogP contribution in [0.5, 0.6) is 0 Å². The average molecular weight is 372 g/mol. The second kappa shape index (κ2) is 7.83. The van der Waals surface area contributed by atoms with Crippen molar-refractivity contribution in [2.45, 2.75) is 0 Å². The zero-order chi connectivity index (χ0) is 18.6. The molecule has 0 aromatic heterocycles. The molecule has 0 amide bonds. The summed E-state index contributed by atoms with van der Waals surface area (Å²) in [5.74, 6) is 0. The van der Waals surface area contributed by atoms with Crippen molar-refractivity contribution in [2.75, 3.05) is 0 Å². The van der Waals surface area contributed by atoms with Gasteiger partial charge in [-0.15, -0.1) is 0 Å². The van der Waals surface area contributed by atoms with Crippen LogP contribution in [0.3, 0.4) is 0 Å². The highest BCUT2D eigenvalue weighted by Gasteiger charge is 2.24. The van der Waals surface area contributed by atoms with Crippen LogP contribution in [0.15, 0.2) is 92.5 Å². The van der Waals surface area contributed by atoms with Crippen molar-refractivity contribution in [3.8, 4) is 0 Å². The van der Waals surface area contributed by atoms with Crippen LogP contribution >= 0.6 is 6.04 Å². The van der Waals surface area contributed by atoms with Gasteiger partial charge in [-0.1, -0.05) is 123 Å². The first-order valence-electron chi connectivity index (χ1n) is 8.41. The summed E-state index contributed by atoms with van der Waals surface area (Å²) in [7, 11) is 0. The van der Waals surface area contributed by atoms with Crippen molar-refractivity contribution in [2.24, 2.45) is 0 Å². The quantitative estimate of drug-likeness (QED) is 0.524. The first-order valence-corrected chi connectivity index (χ1v) is 11.2. The maximum atomic E-state index is 6.37. The Bertz CT molecular complexity index is 846. The van der Waals surface area contributed by atoms with E-state index in [-0.39, 0.29) is 0 Å². The minimum absolute atomic E-state index is 1.10. The molecule has 0 unspecified atom stereocenters. The third-order valence-corrected chi connectivity index (χ3v) is 9.45. The first kappa shape index (κ1) is 18.3. The van der Waals surface area contributed by atoms with Crippen LogP contribution in [0, 0.1) is 0 Å². The Hall–Kier alpha value is -2.47. The smallest absolute Gasteiger partial charge is 0.0379 e. The number of benzene rings is 3. The van der Waals surface area contributed by atoms with E-state index >= 15 is 0 Å². The monoisotopic (exact) mass is 372 g/mol. The molecule has 2 heteroatoms. The first-order chi connectivity index (χ1) is 12.6. The summed E-state index contributed by atoms with van der Waals surface area (Å²) in [6.45, 7) is 11.5. The number of rotatable bonds is 6. The summed E-state index contributed by atoms with van der Waals surface area (Å²) >= 11 is 6.37. The Kier molecular flexibility index (Phi) is 5.52. The summed E-state index contributed by atoms with van der Waals surface area (Å²) in [5.41, 5.74) is 3.29. The molecule has 3 aromatic rings. The third-order valence-electron chi connectivity index (χ3n) is 4.48. The average Bonchev–Trinajstić information content (AvgIpc) is 2.73. The fourth-order valence-corrected chi connectivity index (χ4v) is 6.60. The van der Waals surface area contributed by atoms with Crippen molar-refractivity contribution in [3.05, 3.63) is 109 Å². The molecule has 0 bridgehead atoms. The Morgan fingerprint density at radius 2 is 0.731 bits per heavy atom. The molecular weight excluding hydrogens is 351 g/mol. The molecule has 0 nitrogen and oxygen atoms in total. The highest BCUT2D eigenvalue weighted by molar-refractivity contribution is 8.25. The molecule has 0 N–H and O–H groups in total. The van der Waals surface area contributed by atoms with E-state index in [4.69, 9.17) is 11.8 Å². The molecule has 0 aliphatic carbocycles. The molecule has 0 saturated heterocycles. The minimum Gasteiger partial charge on any atom is -0.0985 e. The number of hydrogen-bond acceptors (Lipinski definition) is 1. The lowest BCUT2D eigenvalue weighted by Crippen LogP contribution is -2.24. The molecule has 0 saturated carbocycles. The van der Waals surface area contributed by atoms with Gasteiger partial charge >= 0.3 is 0 Å². The maximum Gasteiger partial charge on any atom is 0.0379 e. The van der Waals surface area contributed by atoms with Gasteiger partial charge in [0.15, 0.2) is 0 Å². The van der Waals surface area contributed by atoms with E-state index in [2.05, 4.69) is 92.5 Å². The molecule has 26 heavy (non-hydrogen) atoms. The molecule has 0 heterocycles. The van der Waals surface area contributed by atoms with E-state index < -0.39 is 6.04 Å². The molecule has 0 radical (unpaired) electrons. The molecule has 0 atom stereocenters. The van der Waals surface area contributed by atoms with E-state index in [1.165, 1.54) is 15.9 Å². The van der Waals surface area contributed by atoms with Crippen molar-refractivity contribution in [1.82, 2.24) is 0 Å². The second-order valence-electron chi connectivity index (χ2n) is 6.00. The largest absolute Gasteiger partial charge is 0.0985 e. The molecule has 0 aliphatic heterocycles. The van der Waals surface area contributed by atoms with E-state index in [1.54, 1.807) is 0 Å². The van der Waals surface area contributed by atoms with Gasteiger partial charge in [0.05, 0.1) is 0 Å². The van der Waals surface area contributed by atoms with Crippen LogP contribution in [0.2, 0.25) is 0 Å². The summed E-state index contributed by atoms with van der Waals surface area (Å²) in [6, 6.07) is 23.2. The molecule has 3 rings (SSSR count). The normalized spacial score (nSPS) is 10.9. The Labute approximate surface area is 161 Å². The lowest BCUT2D eigenvalue weighted by atomic mass is 10.2. The Morgan fingerprint density at radius 3 is 0.923 bits per heavy atom. The molecular formula is C24H21PS. The Balaban J connectivity index is 2.21. The van der Waals surface area contributed by atoms with Gasteiger partial charge in [0.2, 0.25) is 0 Å². The zero-order valence-corrected chi connectivity index (χ0v) is 16.3. The predicted molar refractivity (Wildman–Crippen MR) is 123 cm³/mol. The van der Waals surface area contributed by atoms with Crippen molar-refractivity contribution in [3.63, 3.8) is 0 Å². The maximum absolute atomic E-state index is 6.37. The lowest BCUT2D eigenvalue weighted by Gasteiger charge is -2.24. The van der Waals surface area contributed by atoms with Gasteiger partial charge in [0.25, 0.3) is 0 Å². The van der Waals surface area contributed by atoms with Gasteiger partial charge in [-0.2, -0.15) is 0 Å². The van der Waals surface area contributed by atoms with E-state index in [9.17, 15) is 0 Å². The molecule has 0 spiro atoms. The van der Waals surface area contributed by atoms with Crippen molar-refractivity contribution >= 4 is 52.0 Å². The topological polar surface area (TPSA) is 0 Å². The van der Waals surface area contributed by atoms with Gasteiger partial charge in [0, 0.05) is 6.04 Å². The minimum atomic E-state index is -2.14. The fourth-order valence-electron chi connectivity index (χ4n) is 2.91. The van der Waals surface area contributed by atoms with Gasteiger partial charge in [-0.25, -0.2) is 0 Å². The van der Waals surface area contributed by atoms with E-state index in [0.29, 0.717) is 0 Å². The van der Waals surface area contributed by atoms with Gasteiger partial charge < -0.3 is 0 Å². The van der Waals surface area contributed by atoms with E-state index in [0.717, 1.165) is 16.7 Å². The van der Waals surface area contributed by atoms with Crippen LogP contribution in [0.1, 0.15) is 16.7 Å². The fraction of sp³-hybridized carbons (Fsp3) is 0. The second-order valence-corrected chi connectivity index (χ2v) is 10.4. The highest BCUT2D eigenvalue weighted by Crippen LogP contribution is 2.43. The summed E-state index contributed by atoms with van der Waals surface area (Å²) < 4.78 is 0. The van der Waals surface area contributed by atoms with Crippen molar-refractivity contribution in [1.29, 1.82) is 0 Å². The van der Waals surface area contributed by atoms with Crippen LogP contribution in [0.4, 0.5) is 0 Å². The van der Waals surface area contributed by atoms with Crippen LogP contribution in [0.25, 0.3) is 18.2 Å². The molecule has 128 valence electrons. The lowest BCUT2D eigenvalue weighted by molar-refractivity contribution is 1.68. The highest BCUT2D eigenvalue weighted by atomic mass is 32.4. The van der Waals surface area contributed by atoms with Crippen molar-refractivity contribution < 1.29 is 0 Å². The SMILES string of the molecule is C=Cc1ccc(P(=S)(c2ccc(C=C)cc2)c2ccc(C=C)cc2)cc1. The van der Waals surface area contributed by atoms with Gasteiger partial charge in [-0.3, -0.25) is 0 Å². The van der Waals surface area contributed by atoms with Gasteiger partial charge in [0.1, 0.15) is 0 Å². The van der Waals surface area contributed by atoms with Gasteiger partial charge in [-0.05, 0) is 32.6 Å². The summed E-state index contributed by atoms with van der Waals surface area (Å²) in [4.78, 5) is 0. The zero-order valence-electron chi connectivity index (χ0n) is 14.6. The van der Waals surface area contributed by atoms with E-state index in [1.807, 2.05) is 18.2 Å². The molecule has 3 aromatic carbocycles. The molecule has 0 aliphatic rings.